The topological polar surface area (TPSA) is 49.7 Å². The first-order chi connectivity index (χ1) is 18.4. The van der Waals surface area contributed by atoms with Crippen molar-refractivity contribution >= 4 is 0 Å². The van der Waals surface area contributed by atoms with Gasteiger partial charge in [0.05, 0.1) is 25.4 Å². The van der Waals surface area contributed by atoms with Gasteiger partial charge in [0.25, 0.3) is 0 Å². The summed E-state index contributed by atoms with van der Waals surface area (Å²) in [5.74, 6) is 5.51. The zero-order valence-electron chi connectivity index (χ0n) is 28.6. The SMILES string of the molecule is CC(C)CCCC(C)CCCC(C)CCCCC(C)CCCC(C)CCCC(C)C.CC(O)COC(C)CO. The van der Waals surface area contributed by atoms with Crippen molar-refractivity contribution in [3.8, 4) is 0 Å². The summed E-state index contributed by atoms with van der Waals surface area (Å²) in [5, 5.41) is 17.1. The minimum Gasteiger partial charge on any atom is -0.394 e. The van der Waals surface area contributed by atoms with E-state index >= 15 is 0 Å². The van der Waals surface area contributed by atoms with Crippen LogP contribution in [0.5, 0.6) is 0 Å². The fourth-order valence-corrected chi connectivity index (χ4v) is 5.30. The van der Waals surface area contributed by atoms with Crippen molar-refractivity contribution in [3.63, 3.8) is 0 Å². The van der Waals surface area contributed by atoms with Gasteiger partial charge >= 0.3 is 0 Å². The van der Waals surface area contributed by atoms with E-state index in [0.717, 1.165) is 35.5 Å². The van der Waals surface area contributed by atoms with Gasteiger partial charge in [-0.2, -0.15) is 0 Å². The number of ether oxygens (including phenoxy) is 1. The van der Waals surface area contributed by atoms with E-state index in [1.54, 1.807) is 13.8 Å². The minimum absolute atomic E-state index is 0.00667. The van der Waals surface area contributed by atoms with E-state index in [1.165, 1.54) is 103 Å². The Morgan fingerprint density at radius 1 is 0.436 bits per heavy atom. The molecule has 0 heterocycles. The van der Waals surface area contributed by atoms with Crippen LogP contribution < -0.4 is 0 Å². The molecule has 6 atom stereocenters. The van der Waals surface area contributed by atoms with Crippen LogP contribution in [0.25, 0.3) is 0 Å². The number of rotatable bonds is 25. The van der Waals surface area contributed by atoms with Gasteiger partial charge in [0.1, 0.15) is 0 Å². The molecule has 238 valence electrons. The van der Waals surface area contributed by atoms with Gasteiger partial charge in [-0.3, -0.25) is 0 Å². The third-order valence-corrected chi connectivity index (χ3v) is 8.27. The summed E-state index contributed by atoms with van der Waals surface area (Å²) in [6.45, 7) is 23.0. The zero-order valence-corrected chi connectivity index (χ0v) is 28.6. The van der Waals surface area contributed by atoms with Crippen LogP contribution in [-0.4, -0.2) is 35.6 Å². The highest BCUT2D eigenvalue weighted by Crippen LogP contribution is 2.24. The Balaban J connectivity index is 0. The van der Waals surface area contributed by atoms with Crippen LogP contribution in [0, 0.1) is 35.5 Å². The summed E-state index contributed by atoms with van der Waals surface area (Å²) in [5.41, 5.74) is 0. The lowest BCUT2D eigenvalue weighted by atomic mass is 9.90. The molecule has 6 unspecified atom stereocenters. The summed E-state index contributed by atoms with van der Waals surface area (Å²) in [4.78, 5) is 0. The lowest BCUT2D eigenvalue weighted by Crippen LogP contribution is -2.19. The molecule has 0 bridgehead atoms. The first kappa shape index (κ1) is 41.0. The number of aliphatic hydroxyl groups is 2. The predicted octanol–water partition coefficient (Wildman–Crippen LogP) is 10.8. The standard InChI is InChI=1S/C30H62.C6H14O3/c1-25(2)15-11-19-29(7)23-13-21-27(5)17-9-10-18-28(6)22-14-24-30(8)20-12-16-26(3)4;1-5(8)4-9-6(2)3-7/h25-30H,9-24H2,1-8H3;5-8H,3-4H2,1-2H3. The second-order valence-electron chi connectivity index (χ2n) is 14.4. The molecular formula is C36H76O3. The maximum absolute atomic E-state index is 8.69. The fourth-order valence-electron chi connectivity index (χ4n) is 5.30. The van der Waals surface area contributed by atoms with Gasteiger partial charge < -0.3 is 14.9 Å². The van der Waals surface area contributed by atoms with Gasteiger partial charge in [-0.05, 0) is 49.4 Å². The minimum atomic E-state index is -0.445. The van der Waals surface area contributed by atoms with Crippen LogP contribution >= 0.6 is 0 Å². The van der Waals surface area contributed by atoms with E-state index in [-0.39, 0.29) is 12.7 Å². The molecule has 0 aromatic carbocycles. The Labute approximate surface area is 247 Å². The van der Waals surface area contributed by atoms with Crippen LogP contribution in [0.2, 0.25) is 0 Å². The highest BCUT2D eigenvalue weighted by molar-refractivity contribution is 4.62. The van der Waals surface area contributed by atoms with Gasteiger partial charge in [-0.1, -0.05) is 158 Å². The normalized spacial score (nSPS) is 16.5. The fraction of sp³-hybridized carbons (Fsp3) is 1.00. The molecule has 0 aliphatic heterocycles. The summed E-state index contributed by atoms with van der Waals surface area (Å²) < 4.78 is 4.95. The maximum atomic E-state index is 8.69. The first-order valence-corrected chi connectivity index (χ1v) is 17.3. The summed E-state index contributed by atoms with van der Waals surface area (Å²) >= 11 is 0. The smallest absolute Gasteiger partial charge is 0.0779 e. The maximum Gasteiger partial charge on any atom is 0.0779 e. The first-order valence-electron chi connectivity index (χ1n) is 17.3. The van der Waals surface area contributed by atoms with Gasteiger partial charge in [0, 0.05) is 0 Å². The molecule has 39 heavy (non-hydrogen) atoms. The molecule has 0 saturated heterocycles. The third kappa shape index (κ3) is 34.0. The Kier molecular flexibility index (Phi) is 29.5. The van der Waals surface area contributed by atoms with Crippen molar-refractivity contribution in [3.05, 3.63) is 0 Å². The van der Waals surface area contributed by atoms with Crippen molar-refractivity contribution in [2.24, 2.45) is 35.5 Å². The molecule has 0 aliphatic rings. The molecule has 0 rings (SSSR count). The third-order valence-electron chi connectivity index (χ3n) is 8.27. The molecule has 0 saturated carbocycles. The van der Waals surface area contributed by atoms with Crippen molar-refractivity contribution in [1.82, 2.24) is 0 Å². The number of hydrogen-bond acceptors (Lipinski definition) is 3. The molecular weight excluding hydrogens is 480 g/mol. The molecule has 3 heteroatoms. The molecule has 0 aliphatic carbocycles. The monoisotopic (exact) mass is 557 g/mol. The average molecular weight is 557 g/mol. The van der Waals surface area contributed by atoms with Crippen LogP contribution in [0.1, 0.15) is 172 Å². The van der Waals surface area contributed by atoms with E-state index in [1.807, 2.05) is 0 Å². The molecule has 0 spiro atoms. The molecule has 0 fully saturated rings. The summed E-state index contributed by atoms with van der Waals surface area (Å²) in [6.07, 6.45) is 22.5. The summed E-state index contributed by atoms with van der Waals surface area (Å²) in [7, 11) is 0. The lowest BCUT2D eigenvalue weighted by Gasteiger charge is -2.16. The Morgan fingerprint density at radius 3 is 0.974 bits per heavy atom. The molecule has 3 nitrogen and oxygen atoms in total. The highest BCUT2D eigenvalue weighted by atomic mass is 16.5. The quantitative estimate of drug-likeness (QED) is 0.110. The van der Waals surface area contributed by atoms with Crippen LogP contribution in [0.4, 0.5) is 0 Å². The second-order valence-corrected chi connectivity index (χ2v) is 14.4. The van der Waals surface area contributed by atoms with E-state index in [9.17, 15) is 0 Å². The van der Waals surface area contributed by atoms with Crippen molar-refractivity contribution in [2.45, 2.75) is 184 Å². The van der Waals surface area contributed by atoms with Crippen LogP contribution in [0.15, 0.2) is 0 Å². The van der Waals surface area contributed by atoms with Gasteiger partial charge in [0.2, 0.25) is 0 Å². The second kappa shape index (κ2) is 28.0. The van der Waals surface area contributed by atoms with Crippen molar-refractivity contribution < 1.29 is 14.9 Å². The number of aliphatic hydroxyl groups excluding tert-OH is 2. The van der Waals surface area contributed by atoms with E-state index in [4.69, 9.17) is 14.9 Å². The van der Waals surface area contributed by atoms with E-state index in [0.29, 0.717) is 6.61 Å². The molecule has 0 aromatic rings. The van der Waals surface area contributed by atoms with Crippen molar-refractivity contribution in [1.29, 1.82) is 0 Å². The molecule has 2 N–H and O–H groups in total. The Bertz CT molecular complexity index is 442. The van der Waals surface area contributed by atoms with Gasteiger partial charge in [-0.15, -0.1) is 0 Å². The van der Waals surface area contributed by atoms with E-state index in [2.05, 4.69) is 55.4 Å². The molecule has 0 aromatic heterocycles. The highest BCUT2D eigenvalue weighted by Gasteiger charge is 2.09. The largest absolute Gasteiger partial charge is 0.394 e. The average Bonchev–Trinajstić information content (AvgIpc) is 2.85. The van der Waals surface area contributed by atoms with Crippen LogP contribution in [-0.2, 0) is 4.74 Å². The summed E-state index contributed by atoms with van der Waals surface area (Å²) in [6, 6.07) is 0. The molecule has 0 radical (unpaired) electrons. The zero-order chi connectivity index (χ0) is 30.1. The number of hydrogen-bond donors (Lipinski definition) is 2. The van der Waals surface area contributed by atoms with E-state index < -0.39 is 6.10 Å². The Hall–Kier alpha value is -0.120. The lowest BCUT2D eigenvalue weighted by molar-refractivity contribution is -0.0177. The molecule has 0 amide bonds. The predicted molar refractivity (Wildman–Crippen MR) is 174 cm³/mol. The number of unbranched alkanes of at least 4 members (excludes halogenated alkanes) is 1. The van der Waals surface area contributed by atoms with Gasteiger partial charge in [0.15, 0.2) is 0 Å². The van der Waals surface area contributed by atoms with Crippen LogP contribution in [0.3, 0.4) is 0 Å². The van der Waals surface area contributed by atoms with Crippen molar-refractivity contribution in [2.75, 3.05) is 13.2 Å². The Morgan fingerprint density at radius 2 is 0.718 bits per heavy atom. The van der Waals surface area contributed by atoms with Gasteiger partial charge in [-0.25, -0.2) is 0 Å².